The van der Waals surface area contributed by atoms with E-state index in [1.165, 1.54) is 32.1 Å². The van der Waals surface area contributed by atoms with Gasteiger partial charge >= 0.3 is 0 Å². The molecule has 4 nitrogen and oxygen atoms in total. The summed E-state index contributed by atoms with van der Waals surface area (Å²) in [4.78, 5) is 4.57. The lowest BCUT2D eigenvalue weighted by molar-refractivity contribution is 0.339. The molecule has 4 heteroatoms. The fraction of sp³-hybridized carbons (Fsp3) is 0.833. The molecule has 16 heavy (non-hydrogen) atoms. The van der Waals surface area contributed by atoms with E-state index in [4.69, 9.17) is 10.3 Å². The number of nitrogens with zero attached hydrogens (tertiary/aromatic N) is 2. The maximum atomic E-state index is 6.05. The van der Waals surface area contributed by atoms with Crippen molar-refractivity contribution in [2.24, 2.45) is 5.73 Å². The third kappa shape index (κ3) is 1.75. The van der Waals surface area contributed by atoms with Crippen LogP contribution >= 0.6 is 0 Å². The monoisotopic (exact) mass is 221 g/mol. The van der Waals surface area contributed by atoms with E-state index >= 15 is 0 Å². The quantitative estimate of drug-likeness (QED) is 0.832. The van der Waals surface area contributed by atoms with Gasteiger partial charge in [0.2, 0.25) is 5.89 Å². The average Bonchev–Trinajstić information content (AvgIpc) is 2.96. The molecule has 0 bridgehead atoms. The minimum Gasteiger partial charge on any atom is -0.339 e. The fourth-order valence-corrected chi connectivity index (χ4v) is 3.04. The Bertz CT molecular complexity index is 357. The van der Waals surface area contributed by atoms with Crippen molar-refractivity contribution in [1.29, 1.82) is 0 Å². The predicted octanol–water partition coefficient (Wildman–Crippen LogP) is 2.32. The Kier molecular flexibility index (Phi) is 2.67. The van der Waals surface area contributed by atoms with Crippen LogP contribution in [0.15, 0.2) is 4.52 Å². The molecule has 0 radical (unpaired) electrons. The molecule has 2 aliphatic rings. The molecule has 1 heterocycles. The Balaban J connectivity index is 1.76. The number of hydrogen-bond donors (Lipinski definition) is 1. The first-order valence-corrected chi connectivity index (χ1v) is 6.43. The van der Waals surface area contributed by atoms with E-state index in [1.807, 2.05) is 0 Å². The lowest BCUT2D eigenvalue weighted by Gasteiger charge is -2.09. The standard InChI is InChI=1S/C12H19N3O/c13-10-7-3-6-9(10)12-14-11(15-16-12)8-4-1-2-5-8/h8-10H,1-7,13H2. The number of rotatable bonds is 2. The van der Waals surface area contributed by atoms with Crippen molar-refractivity contribution in [3.63, 3.8) is 0 Å². The van der Waals surface area contributed by atoms with Crippen molar-refractivity contribution >= 4 is 0 Å². The van der Waals surface area contributed by atoms with Crippen LogP contribution in [0.4, 0.5) is 0 Å². The van der Waals surface area contributed by atoms with Crippen molar-refractivity contribution in [3.05, 3.63) is 11.7 Å². The van der Waals surface area contributed by atoms with Gasteiger partial charge in [0.05, 0.1) is 5.92 Å². The molecular formula is C12H19N3O. The molecule has 2 aliphatic carbocycles. The molecule has 2 unspecified atom stereocenters. The highest BCUT2D eigenvalue weighted by atomic mass is 16.5. The van der Waals surface area contributed by atoms with Gasteiger partial charge in [0.15, 0.2) is 5.82 Å². The van der Waals surface area contributed by atoms with Crippen LogP contribution in [0.1, 0.15) is 68.5 Å². The van der Waals surface area contributed by atoms with Crippen molar-refractivity contribution in [1.82, 2.24) is 10.1 Å². The first-order chi connectivity index (χ1) is 7.84. The van der Waals surface area contributed by atoms with Crippen molar-refractivity contribution in [2.45, 2.75) is 62.8 Å². The topological polar surface area (TPSA) is 64.9 Å². The third-order valence-electron chi connectivity index (χ3n) is 4.06. The normalized spacial score (nSPS) is 31.3. The highest BCUT2D eigenvalue weighted by molar-refractivity contribution is 5.05. The molecule has 2 atom stereocenters. The first kappa shape index (κ1) is 10.3. The molecule has 2 fully saturated rings. The van der Waals surface area contributed by atoms with Crippen molar-refractivity contribution < 1.29 is 4.52 Å². The van der Waals surface area contributed by atoms with Crippen LogP contribution in [0.2, 0.25) is 0 Å². The highest BCUT2D eigenvalue weighted by Crippen LogP contribution is 2.36. The SMILES string of the molecule is NC1CCCC1c1nc(C2CCCC2)no1. The molecule has 2 saturated carbocycles. The smallest absolute Gasteiger partial charge is 0.231 e. The lowest BCUT2D eigenvalue weighted by Crippen LogP contribution is -2.22. The minimum atomic E-state index is 0.219. The summed E-state index contributed by atoms with van der Waals surface area (Å²) in [6, 6.07) is 0.219. The molecule has 0 spiro atoms. The van der Waals surface area contributed by atoms with E-state index < -0.39 is 0 Å². The molecule has 0 saturated heterocycles. The number of aromatic nitrogens is 2. The van der Waals surface area contributed by atoms with Gasteiger partial charge in [-0.2, -0.15) is 4.98 Å². The Morgan fingerprint density at radius 1 is 1.06 bits per heavy atom. The summed E-state index contributed by atoms with van der Waals surface area (Å²) < 4.78 is 5.39. The van der Waals surface area contributed by atoms with Gasteiger partial charge in [0.25, 0.3) is 0 Å². The second-order valence-corrected chi connectivity index (χ2v) is 5.17. The maximum absolute atomic E-state index is 6.05. The Labute approximate surface area is 95.6 Å². The zero-order valence-electron chi connectivity index (χ0n) is 9.56. The van der Waals surface area contributed by atoms with Crippen LogP contribution in [-0.4, -0.2) is 16.2 Å². The second-order valence-electron chi connectivity index (χ2n) is 5.17. The average molecular weight is 221 g/mol. The van der Waals surface area contributed by atoms with Gasteiger partial charge in [-0.05, 0) is 25.7 Å². The molecule has 0 aliphatic heterocycles. The van der Waals surface area contributed by atoms with Gasteiger partial charge < -0.3 is 10.3 Å². The molecular weight excluding hydrogens is 202 g/mol. The Morgan fingerprint density at radius 3 is 2.56 bits per heavy atom. The largest absolute Gasteiger partial charge is 0.339 e. The first-order valence-electron chi connectivity index (χ1n) is 6.43. The molecule has 2 N–H and O–H groups in total. The fourth-order valence-electron chi connectivity index (χ4n) is 3.04. The van der Waals surface area contributed by atoms with E-state index in [1.54, 1.807) is 0 Å². The minimum absolute atomic E-state index is 0.219. The van der Waals surface area contributed by atoms with Crippen LogP contribution in [-0.2, 0) is 0 Å². The van der Waals surface area contributed by atoms with Gasteiger partial charge in [-0.25, -0.2) is 0 Å². The predicted molar refractivity (Wildman–Crippen MR) is 60.1 cm³/mol. The Hall–Kier alpha value is -0.900. The second kappa shape index (κ2) is 4.17. The van der Waals surface area contributed by atoms with Gasteiger partial charge in [0.1, 0.15) is 0 Å². The summed E-state index contributed by atoms with van der Waals surface area (Å²) in [5.41, 5.74) is 6.05. The molecule has 1 aromatic heterocycles. The van der Waals surface area contributed by atoms with Crippen LogP contribution < -0.4 is 5.73 Å². The van der Waals surface area contributed by atoms with Crippen LogP contribution in [0.25, 0.3) is 0 Å². The van der Waals surface area contributed by atoms with Crippen molar-refractivity contribution in [3.8, 4) is 0 Å². The van der Waals surface area contributed by atoms with E-state index in [2.05, 4.69) is 10.1 Å². The Morgan fingerprint density at radius 2 is 1.88 bits per heavy atom. The van der Waals surface area contributed by atoms with Gasteiger partial charge in [-0.3, -0.25) is 0 Å². The van der Waals surface area contributed by atoms with Gasteiger partial charge in [-0.1, -0.05) is 24.4 Å². The van der Waals surface area contributed by atoms with Crippen LogP contribution in [0, 0.1) is 0 Å². The zero-order chi connectivity index (χ0) is 11.0. The molecule has 3 rings (SSSR count). The van der Waals surface area contributed by atoms with Crippen LogP contribution in [0.3, 0.4) is 0 Å². The highest BCUT2D eigenvalue weighted by Gasteiger charge is 2.31. The summed E-state index contributed by atoms with van der Waals surface area (Å²) in [5.74, 6) is 2.55. The molecule has 1 aromatic rings. The summed E-state index contributed by atoms with van der Waals surface area (Å²) in [7, 11) is 0. The summed E-state index contributed by atoms with van der Waals surface area (Å²) in [5, 5.41) is 4.14. The van der Waals surface area contributed by atoms with Crippen LogP contribution in [0.5, 0.6) is 0 Å². The van der Waals surface area contributed by atoms with Gasteiger partial charge in [-0.15, -0.1) is 0 Å². The number of hydrogen-bond acceptors (Lipinski definition) is 4. The summed E-state index contributed by atoms with van der Waals surface area (Å²) in [6.45, 7) is 0. The zero-order valence-corrected chi connectivity index (χ0v) is 9.56. The third-order valence-corrected chi connectivity index (χ3v) is 4.06. The molecule has 88 valence electrons. The lowest BCUT2D eigenvalue weighted by atomic mass is 10.0. The van der Waals surface area contributed by atoms with E-state index in [9.17, 15) is 0 Å². The maximum Gasteiger partial charge on any atom is 0.231 e. The summed E-state index contributed by atoms with van der Waals surface area (Å²) in [6.07, 6.45) is 8.42. The van der Waals surface area contributed by atoms with Gasteiger partial charge in [0, 0.05) is 12.0 Å². The number of nitrogens with two attached hydrogens (primary N) is 1. The van der Waals surface area contributed by atoms with E-state index in [0.717, 1.165) is 24.6 Å². The summed E-state index contributed by atoms with van der Waals surface area (Å²) >= 11 is 0. The van der Waals surface area contributed by atoms with E-state index in [-0.39, 0.29) is 6.04 Å². The molecule has 0 aromatic carbocycles. The van der Waals surface area contributed by atoms with E-state index in [0.29, 0.717) is 11.8 Å². The molecule has 0 amide bonds. The van der Waals surface area contributed by atoms with Crippen molar-refractivity contribution in [2.75, 3.05) is 0 Å².